The summed E-state index contributed by atoms with van der Waals surface area (Å²) in [6, 6.07) is 13.3. The van der Waals surface area contributed by atoms with E-state index in [2.05, 4.69) is 0 Å². The Bertz CT molecular complexity index is 846. The molecule has 0 atom stereocenters. The topological polar surface area (TPSA) is 29.5 Å². The first kappa shape index (κ1) is 16.7. The lowest BCUT2D eigenvalue weighted by molar-refractivity contribution is -0.113. The van der Waals surface area contributed by atoms with Crippen LogP contribution in [-0.4, -0.2) is 17.3 Å². The quantitative estimate of drug-likeness (QED) is 0.590. The average Bonchev–Trinajstić information content (AvgIpc) is 2.89. The zero-order valence-corrected chi connectivity index (χ0v) is 14.7. The highest BCUT2D eigenvalue weighted by Crippen LogP contribution is 2.41. The summed E-state index contributed by atoms with van der Waals surface area (Å²) in [5.74, 6) is 0.0685. The second kappa shape index (κ2) is 6.75. The molecular formula is C18H14FNO2S2. The summed E-state index contributed by atoms with van der Waals surface area (Å²) < 4.78 is 18.9. The van der Waals surface area contributed by atoms with Gasteiger partial charge in [-0.25, -0.2) is 4.39 Å². The van der Waals surface area contributed by atoms with Crippen LogP contribution in [0.3, 0.4) is 0 Å². The summed E-state index contributed by atoms with van der Waals surface area (Å²) in [6.07, 6.45) is 0. The molecule has 2 aromatic rings. The van der Waals surface area contributed by atoms with E-state index in [0.717, 1.165) is 11.1 Å². The minimum absolute atomic E-state index is 0.198. The van der Waals surface area contributed by atoms with Gasteiger partial charge in [-0.05, 0) is 42.3 Å². The lowest BCUT2D eigenvalue weighted by atomic mass is 10.1. The van der Waals surface area contributed by atoms with E-state index in [0.29, 0.717) is 20.7 Å². The monoisotopic (exact) mass is 359 g/mol. The molecular weight excluding hydrogens is 345 g/mol. The van der Waals surface area contributed by atoms with Crippen molar-refractivity contribution in [3.05, 3.63) is 64.8 Å². The zero-order valence-electron chi connectivity index (χ0n) is 13.1. The van der Waals surface area contributed by atoms with E-state index in [-0.39, 0.29) is 11.7 Å². The van der Waals surface area contributed by atoms with Gasteiger partial charge in [-0.2, -0.15) is 0 Å². The van der Waals surface area contributed by atoms with Gasteiger partial charge >= 0.3 is 0 Å². The average molecular weight is 359 g/mol. The van der Waals surface area contributed by atoms with Gasteiger partial charge in [0, 0.05) is 0 Å². The fourth-order valence-corrected chi connectivity index (χ4v) is 3.78. The van der Waals surface area contributed by atoms with Gasteiger partial charge in [0.05, 0.1) is 17.7 Å². The van der Waals surface area contributed by atoms with Gasteiger partial charge in [0.1, 0.15) is 11.6 Å². The first-order valence-electron chi connectivity index (χ1n) is 7.19. The number of thiocarbonyl (C=S) groups is 1. The molecule has 122 valence electrons. The molecule has 1 aliphatic heterocycles. The Morgan fingerprint density at radius 1 is 1.17 bits per heavy atom. The second-order valence-corrected chi connectivity index (χ2v) is 6.79. The van der Waals surface area contributed by atoms with Gasteiger partial charge in [0.25, 0.3) is 5.91 Å². The smallest absolute Gasteiger partial charge is 0.271 e. The molecule has 3 nitrogen and oxygen atoms in total. The maximum Gasteiger partial charge on any atom is 0.271 e. The van der Waals surface area contributed by atoms with Crippen molar-refractivity contribution in [2.75, 3.05) is 12.0 Å². The highest BCUT2D eigenvalue weighted by molar-refractivity contribution is 8.27. The third-order valence-corrected chi connectivity index (χ3v) is 5.19. The van der Waals surface area contributed by atoms with E-state index < -0.39 is 0 Å². The molecule has 0 bridgehead atoms. The third kappa shape index (κ3) is 2.95. The number of allylic oxidation sites excluding steroid dienone is 1. The number of carbonyl (C=O) groups excluding carboxylic acids is 1. The molecule has 1 amide bonds. The lowest BCUT2D eigenvalue weighted by Gasteiger charge is -2.17. The van der Waals surface area contributed by atoms with Crippen molar-refractivity contribution in [1.82, 2.24) is 0 Å². The molecule has 3 rings (SSSR count). The maximum atomic E-state index is 13.1. The van der Waals surface area contributed by atoms with Gasteiger partial charge in [-0.15, -0.1) is 0 Å². The van der Waals surface area contributed by atoms with Crippen LogP contribution in [0.15, 0.2) is 53.4 Å². The van der Waals surface area contributed by atoms with E-state index in [1.54, 1.807) is 31.4 Å². The minimum Gasteiger partial charge on any atom is -0.495 e. The van der Waals surface area contributed by atoms with Crippen molar-refractivity contribution in [3.8, 4) is 5.75 Å². The largest absolute Gasteiger partial charge is 0.495 e. The normalized spacial score (nSPS) is 16.5. The molecule has 6 heteroatoms. The highest BCUT2D eigenvalue weighted by Gasteiger charge is 2.36. The molecule has 0 saturated carbocycles. The number of carbonyl (C=O) groups is 1. The Morgan fingerprint density at radius 3 is 2.50 bits per heavy atom. The molecule has 0 radical (unpaired) electrons. The molecule has 2 aromatic carbocycles. The van der Waals surface area contributed by atoms with Gasteiger partial charge in [-0.1, -0.05) is 48.2 Å². The van der Waals surface area contributed by atoms with E-state index in [1.165, 1.54) is 28.8 Å². The van der Waals surface area contributed by atoms with Gasteiger partial charge in [0.15, 0.2) is 4.32 Å². The number of halogens is 1. The number of nitrogens with zero attached hydrogens (tertiary/aromatic N) is 1. The molecule has 1 saturated heterocycles. The highest BCUT2D eigenvalue weighted by atomic mass is 32.2. The fraction of sp³-hybridized carbons (Fsp3) is 0.111. The summed E-state index contributed by atoms with van der Waals surface area (Å²) in [5.41, 5.74) is 2.17. The number of para-hydroxylation sites is 2. The fourth-order valence-electron chi connectivity index (χ4n) is 2.45. The summed E-state index contributed by atoms with van der Waals surface area (Å²) in [6.45, 7) is 1.84. The number of amides is 1. The maximum absolute atomic E-state index is 13.1. The number of benzene rings is 2. The van der Waals surface area contributed by atoms with Crippen LogP contribution in [0.5, 0.6) is 5.75 Å². The first-order chi connectivity index (χ1) is 11.5. The van der Waals surface area contributed by atoms with Crippen LogP contribution in [0.25, 0.3) is 5.57 Å². The van der Waals surface area contributed by atoms with E-state index in [1.807, 2.05) is 19.1 Å². The van der Waals surface area contributed by atoms with Crippen molar-refractivity contribution in [2.45, 2.75) is 6.92 Å². The zero-order chi connectivity index (χ0) is 17.3. The molecule has 1 heterocycles. The Balaban J connectivity index is 2.03. The standard InChI is InChI=1S/C18H14FNO2S2/c1-11(12-7-9-13(19)10-8-12)16-17(21)20(18(23)24-16)14-5-3-4-6-15(14)22-2/h3-10H,1-2H3/b16-11+. The Hall–Kier alpha value is -2.18. The van der Waals surface area contributed by atoms with E-state index >= 15 is 0 Å². The molecule has 0 N–H and O–H groups in total. The Labute approximate surface area is 149 Å². The Kier molecular flexibility index (Phi) is 4.69. The second-order valence-electron chi connectivity index (χ2n) is 5.14. The number of methoxy groups -OCH3 is 1. The number of ether oxygens (including phenoxy) is 1. The predicted octanol–water partition coefficient (Wildman–Crippen LogP) is 4.63. The number of hydrogen-bond donors (Lipinski definition) is 0. The molecule has 1 aliphatic rings. The van der Waals surface area contributed by atoms with Crippen LogP contribution >= 0.6 is 24.0 Å². The van der Waals surface area contributed by atoms with Gasteiger partial charge < -0.3 is 4.74 Å². The van der Waals surface area contributed by atoms with Gasteiger partial charge in [0.2, 0.25) is 0 Å². The lowest BCUT2D eigenvalue weighted by Crippen LogP contribution is -2.28. The number of rotatable bonds is 3. The Morgan fingerprint density at radius 2 is 1.83 bits per heavy atom. The summed E-state index contributed by atoms with van der Waals surface area (Å²) in [4.78, 5) is 14.9. The van der Waals surface area contributed by atoms with Crippen molar-refractivity contribution in [1.29, 1.82) is 0 Å². The van der Waals surface area contributed by atoms with E-state index in [9.17, 15) is 9.18 Å². The predicted molar refractivity (Wildman–Crippen MR) is 99.7 cm³/mol. The van der Waals surface area contributed by atoms with Crippen LogP contribution in [0.4, 0.5) is 10.1 Å². The van der Waals surface area contributed by atoms with Crippen LogP contribution < -0.4 is 9.64 Å². The van der Waals surface area contributed by atoms with Gasteiger partial charge in [-0.3, -0.25) is 9.69 Å². The number of thioether (sulfide) groups is 1. The van der Waals surface area contributed by atoms with Crippen molar-refractivity contribution >= 4 is 45.5 Å². The van der Waals surface area contributed by atoms with E-state index in [4.69, 9.17) is 17.0 Å². The summed E-state index contributed by atoms with van der Waals surface area (Å²) >= 11 is 6.63. The van der Waals surface area contributed by atoms with Crippen molar-refractivity contribution < 1.29 is 13.9 Å². The SMILES string of the molecule is COc1ccccc1N1C(=O)/C(=C(/C)c2ccc(F)cc2)SC1=S. The molecule has 0 aromatic heterocycles. The molecule has 0 spiro atoms. The summed E-state index contributed by atoms with van der Waals surface area (Å²) in [7, 11) is 1.55. The minimum atomic E-state index is -0.312. The third-order valence-electron chi connectivity index (χ3n) is 3.71. The molecule has 0 aliphatic carbocycles. The summed E-state index contributed by atoms with van der Waals surface area (Å²) in [5, 5.41) is 0. The van der Waals surface area contributed by atoms with Crippen LogP contribution in [0.1, 0.15) is 12.5 Å². The molecule has 24 heavy (non-hydrogen) atoms. The molecule has 0 unspecified atom stereocenters. The van der Waals surface area contributed by atoms with Crippen molar-refractivity contribution in [3.63, 3.8) is 0 Å². The number of hydrogen-bond acceptors (Lipinski definition) is 4. The van der Waals surface area contributed by atoms with Crippen LogP contribution in [0, 0.1) is 5.82 Å². The van der Waals surface area contributed by atoms with Crippen LogP contribution in [-0.2, 0) is 4.79 Å². The molecule has 1 fully saturated rings. The number of anilines is 1. The first-order valence-corrected chi connectivity index (χ1v) is 8.41. The van der Waals surface area contributed by atoms with Crippen molar-refractivity contribution in [2.24, 2.45) is 0 Å². The van der Waals surface area contributed by atoms with Crippen LogP contribution in [0.2, 0.25) is 0 Å².